The van der Waals surface area contributed by atoms with Gasteiger partial charge < -0.3 is 4.52 Å². The van der Waals surface area contributed by atoms with Crippen LogP contribution in [0.2, 0.25) is 0 Å². The molecule has 1 fully saturated rings. The average Bonchev–Trinajstić information content (AvgIpc) is 3.04. The standard InChI is InChI=1S/C18H20FN5O2/c1-12-21-17(22-26-12)10-23-6-4-13(5-7-23)9-24-11-20-16-8-14(19)2-3-15(16)18(24)25/h2-3,8,11,13H,4-7,9-10H2,1H3. The second-order valence-corrected chi connectivity index (χ2v) is 6.81. The van der Waals surface area contributed by atoms with E-state index in [9.17, 15) is 9.18 Å². The van der Waals surface area contributed by atoms with Gasteiger partial charge in [0.15, 0.2) is 5.82 Å². The molecule has 2 aromatic heterocycles. The average molecular weight is 357 g/mol. The van der Waals surface area contributed by atoms with E-state index in [1.165, 1.54) is 24.5 Å². The summed E-state index contributed by atoms with van der Waals surface area (Å²) in [5, 5.41) is 4.39. The van der Waals surface area contributed by atoms with Gasteiger partial charge in [-0.05, 0) is 44.0 Å². The van der Waals surface area contributed by atoms with E-state index in [2.05, 4.69) is 20.0 Å². The summed E-state index contributed by atoms with van der Waals surface area (Å²) in [4.78, 5) is 23.3. The zero-order valence-electron chi connectivity index (χ0n) is 14.6. The Bertz CT molecular complexity index is 975. The van der Waals surface area contributed by atoms with E-state index < -0.39 is 0 Å². The molecule has 0 amide bonds. The molecule has 1 aromatic carbocycles. The summed E-state index contributed by atoms with van der Waals surface area (Å²) in [6, 6.07) is 4.10. The van der Waals surface area contributed by atoms with Crippen LogP contribution >= 0.6 is 0 Å². The molecular formula is C18H20FN5O2. The van der Waals surface area contributed by atoms with Crippen LogP contribution in [-0.2, 0) is 13.1 Å². The fraction of sp³-hybridized carbons (Fsp3) is 0.444. The van der Waals surface area contributed by atoms with Crippen molar-refractivity contribution in [2.75, 3.05) is 13.1 Å². The van der Waals surface area contributed by atoms with Gasteiger partial charge in [-0.3, -0.25) is 14.3 Å². The van der Waals surface area contributed by atoms with Crippen LogP contribution in [0.3, 0.4) is 0 Å². The maximum Gasteiger partial charge on any atom is 0.261 e. The van der Waals surface area contributed by atoms with Crippen molar-refractivity contribution in [3.8, 4) is 0 Å². The number of hydrogen-bond acceptors (Lipinski definition) is 6. The van der Waals surface area contributed by atoms with Gasteiger partial charge in [0.05, 0.1) is 23.8 Å². The van der Waals surface area contributed by atoms with E-state index in [0.29, 0.717) is 41.6 Å². The van der Waals surface area contributed by atoms with Crippen LogP contribution in [-0.4, -0.2) is 37.7 Å². The fourth-order valence-corrected chi connectivity index (χ4v) is 3.47. The summed E-state index contributed by atoms with van der Waals surface area (Å²) in [6.45, 7) is 4.96. The molecule has 0 aliphatic carbocycles. The molecule has 7 nitrogen and oxygen atoms in total. The van der Waals surface area contributed by atoms with Gasteiger partial charge in [0, 0.05) is 19.5 Å². The highest BCUT2D eigenvalue weighted by molar-refractivity contribution is 5.77. The lowest BCUT2D eigenvalue weighted by Gasteiger charge is -2.31. The van der Waals surface area contributed by atoms with E-state index >= 15 is 0 Å². The Labute approximate surface area is 149 Å². The molecule has 1 aliphatic heterocycles. The molecule has 0 radical (unpaired) electrons. The zero-order valence-corrected chi connectivity index (χ0v) is 14.6. The fourth-order valence-electron chi connectivity index (χ4n) is 3.47. The predicted octanol–water partition coefficient (Wildman–Crippen LogP) is 2.14. The molecular weight excluding hydrogens is 337 g/mol. The minimum atomic E-state index is -0.383. The molecule has 0 N–H and O–H groups in total. The first kappa shape index (κ1) is 16.8. The van der Waals surface area contributed by atoms with Crippen LogP contribution in [0.1, 0.15) is 24.6 Å². The van der Waals surface area contributed by atoms with Gasteiger partial charge >= 0.3 is 0 Å². The van der Waals surface area contributed by atoms with Gasteiger partial charge in [-0.2, -0.15) is 4.98 Å². The number of aromatic nitrogens is 4. The summed E-state index contributed by atoms with van der Waals surface area (Å²) in [5.74, 6) is 1.32. The number of halogens is 1. The molecule has 3 aromatic rings. The van der Waals surface area contributed by atoms with Crippen LogP contribution in [0.5, 0.6) is 0 Å². The number of hydrogen-bond donors (Lipinski definition) is 0. The Morgan fingerprint density at radius 2 is 2.12 bits per heavy atom. The van der Waals surface area contributed by atoms with E-state index in [0.717, 1.165) is 25.9 Å². The smallest absolute Gasteiger partial charge is 0.261 e. The quantitative estimate of drug-likeness (QED) is 0.712. The zero-order chi connectivity index (χ0) is 18.1. The molecule has 26 heavy (non-hydrogen) atoms. The molecule has 1 saturated heterocycles. The molecule has 0 bridgehead atoms. The Balaban J connectivity index is 1.40. The summed E-state index contributed by atoms with van der Waals surface area (Å²) in [5.41, 5.74) is 0.288. The third-order valence-corrected chi connectivity index (χ3v) is 4.88. The molecule has 1 aliphatic rings. The third-order valence-electron chi connectivity index (χ3n) is 4.88. The maximum atomic E-state index is 13.3. The Morgan fingerprint density at radius 1 is 1.31 bits per heavy atom. The Hall–Kier alpha value is -2.61. The van der Waals surface area contributed by atoms with Gasteiger partial charge in [0.25, 0.3) is 5.56 Å². The second-order valence-electron chi connectivity index (χ2n) is 6.81. The number of aryl methyl sites for hydroxylation is 1. The van der Waals surface area contributed by atoms with E-state index in [1.807, 2.05) is 0 Å². The van der Waals surface area contributed by atoms with Crippen molar-refractivity contribution in [3.63, 3.8) is 0 Å². The topological polar surface area (TPSA) is 77.1 Å². The highest BCUT2D eigenvalue weighted by Gasteiger charge is 2.21. The molecule has 0 atom stereocenters. The normalized spacial score (nSPS) is 16.4. The van der Waals surface area contributed by atoms with Crippen molar-refractivity contribution in [2.24, 2.45) is 5.92 Å². The highest BCUT2D eigenvalue weighted by atomic mass is 19.1. The lowest BCUT2D eigenvalue weighted by molar-refractivity contribution is 0.162. The number of fused-ring (bicyclic) bond motifs is 1. The number of rotatable bonds is 4. The van der Waals surface area contributed by atoms with Gasteiger partial charge in [-0.15, -0.1) is 0 Å². The minimum Gasteiger partial charge on any atom is -0.340 e. The molecule has 4 rings (SSSR count). The molecule has 3 heterocycles. The lowest BCUT2D eigenvalue weighted by atomic mass is 9.96. The largest absolute Gasteiger partial charge is 0.340 e. The van der Waals surface area contributed by atoms with Crippen molar-refractivity contribution >= 4 is 10.9 Å². The first-order valence-electron chi connectivity index (χ1n) is 8.75. The Morgan fingerprint density at radius 3 is 2.85 bits per heavy atom. The number of nitrogens with zero attached hydrogens (tertiary/aromatic N) is 5. The molecule has 8 heteroatoms. The SMILES string of the molecule is Cc1nc(CN2CCC(Cn3cnc4cc(F)ccc4c3=O)CC2)no1. The maximum absolute atomic E-state index is 13.3. The van der Waals surface area contributed by atoms with Gasteiger partial charge in [0.2, 0.25) is 5.89 Å². The summed E-state index contributed by atoms with van der Waals surface area (Å²) in [6.07, 6.45) is 3.51. The summed E-state index contributed by atoms with van der Waals surface area (Å²) < 4.78 is 19.9. The van der Waals surface area contributed by atoms with Gasteiger partial charge in [-0.1, -0.05) is 5.16 Å². The van der Waals surface area contributed by atoms with Crippen LogP contribution in [0, 0.1) is 18.7 Å². The van der Waals surface area contributed by atoms with Crippen molar-refractivity contribution in [1.29, 1.82) is 0 Å². The van der Waals surface area contributed by atoms with E-state index in [4.69, 9.17) is 4.52 Å². The van der Waals surface area contributed by atoms with Crippen LogP contribution < -0.4 is 5.56 Å². The van der Waals surface area contributed by atoms with Crippen molar-refractivity contribution in [1.82, 2.24) is 24.6 Å². The van der Waals surface area contributed by atoms with E-state index in [-0.39, 0.29) is 11.4 Å². The second kappa shape index (κ2) is 6.95. The van der Waals surface area contributed by atoms with Crippen molar-refractivity contribution < 1.29 is 8.91 Å². The molecule has 0 saturated carbocycles. The van der Waals surface area contributed by atoms with Crippen LogP contribution in [0.25, 0.3) is 10.9 Å². The Kier molecular flexibility index (Phi) is 4.50. The van der Waals surface area contributed by atoms with Gasteiger partial charge in [0.1, 0.15) is 5.82 Å². The molecule has 0 unspecified atom stereocenters. The minimum absolute atomic E-state index is 0.111. The summed E-state index contributed by atoms with van der Waals surface area (Å²) >= 11 is 0. The van der Waals surface area contributed by atoms with Crippen molar-refractivity contribution in [3.05, 3.63) is 52.4 Å². The number of likely N-dealkylation sites (tertiary alicyclic amines) is 1. The summed E-state index contributed by atoms with van der Waals surface area (Å²) in [7, 11) is 0. The van der Waals surface area contributed by atoms with Crippen LogP contribution in [0.4, 0.5) is 4.39 Å². The lowest BCUT2D eigenvalue weighted by Crippen LogP contribution is -2.36. The molecule has 136 valence electrons. The number of benzene rings is 1. The van der Waals surface area contributed by atoms with Gasteiger partial charge in [-0.25, -0.2) is 9.37 Å². The molecule has 0 spiro atoms. The first-order chi connectivity index (χ1) is 12.6. The predicted molar refractivity (Wildman–Crippen MR) is 93.0 cm³/mol. The van der Waals surface area contributed by atoms with Crippen LogP contribution in [0.15, 0.2) is 33.8 Å². The number of piperidine rings is 1. The van der Waals surface area contributed by atoms with E-state index in [1.54, 1.807) is 11.5 Å². The third kappa shape index (κ3) is 3.50. The highest BCUT2D eigenvalue weighted by Crippen LogP contribution is 2.20. The van der Waals surface area contributed by atoms with Crippen molar-refractivity contribution in [2.45, 2.75) is 32.9 Å². The monoisotopic (exact) mass is 357 g/mol. The first-order valence-corrected chi connectivity index (χ1v) is 8.75.